The smallest absolute Gasteiger partial charge is 0.416 e. The first-order valence-electron chi connectivity index (χ1n) is 13.9. The molecule has 1 unspecified atom stereocenters. The molecule has 2 fully saturated rings. The second-order valence-electron chi connectivity index (χ2n) is 10.9. The highest BCUT2D eigenvalue weighted by atomic mass is 19.4. The lowest BCUT2D eigenvalue weighted by Crippen LogP contribution is -2.48. The number of rotatable bonds is 8. The first-order chi connectivity index (χ1) is 19.1. The van der Waals surface area contributed by atoms with Crippen LogP contribution in [0.4, 0.5) is 26.3 Å². The number of hydrogen-bond acceptors (Lipinski definition) is 5. The summed E-state index contributed by atoms with van der Waals surface area (Å²) in [4.78, 5) is 5.02. The molecule has 1 N–H and O–H groups in total. The van der Waals surface area contributed by atoms with E-state index < -0.39 is 23.5 Å². The summed E-state index contributed by atoms with van der Waals surface area (Å²) in [7, 11) is 0. The summed E-state index contributed by atoms with van der Waals surface area (Å²) in [5.74, 6) is 1.36. The van der Waals surface area contributed by atoms with E-state index in [1.54, 1.807) is 0 Å². The zero-order valence-electron chi connectivity index (χ0n) is 22.3. The Labute approximate surface area is 230 Å². The number of ether oxygens (including phenoxy) is 2. The highest BCUT2D eigenvalue weighted by molar-refractivity contribution is 5.45. The van der Waals surface area contributed by atoms with Crippen LogP contribution in [-0.4, -0.2) is 61.9 Å². The molecule has 1 atom stereocenters. The molecule has 3 heterocycles. The largest absolute Gasteiger partial charge is 0.454 e. The van der Waals surface area contributed by atoms with Gasteiger partial charge in [0.05, 0.1) is 11.1 Å². The van der Waals surface area contributed by atoms with Crippen molar-refractivity contribution in [3.8, 4) is 11.5 Å². The van der Waals surface area contributed by atoms with Crippen molar-refractivity contribution in [2.45, 2.75) is 63.0 Å². The molecule has 3 aliphatic heterocycles. The number of nitrogens with one attached hydrogen (secondary N) is 1. The predicted molar refractivity (Wildman–Crippen MR) is 138 cm³/mol. The molecule has 220 valence electrons. The number of piperidine rings is 2. The topological polar surface area (TPSA) is 37.0 Å². The third-order valence-corrected chi connectivity index (χ3v) is 8.20. The lowest BCUT2D eigenvalue weighted by molar-refractivity contribution is -0.143. The fourth-order valence-electron chi connectivity index (χ4n) is 6.06. The minimum absolute atomic E-state index is 0.00312. The van der Waals surface area contributed by atoms with E-state index in [4.69, 9.17) is 9.47 Å². The summed E-state index contributed by atoms with van der Waals surface area (Å²) < 4.78 is 90.6. The Hall–Kier alpha value is -2.50. The molecule has 3 aliphatic rings. The zero-order valence-corrected chi connectivity index (χ0v) is 22.3. The molecule has 2 aromatic rings. The normalized spacial score (nSPS) is 20.1. The summed E-state index contributed by atoms with van der Waals surface area (Å²) in [5, 5.41) is 3.30. The van der Waals surface area contributed by atoms with Crippen LogP contribution in [0, 0.1) is 0 Å². The lowest BCUT2D eigenvalue weighted by Gasteiger charge is -2.43. The maximum atomic E-state index is 13.3. The summed E-state index contributed by atoms with van der Waals surface area (Å²) in [6.07, 6.45) is -3.75. The minimum Gasteiger partial charge on any atom is -0.454 e. The second-order valence-corrected chi connectivity index (χ2v) is 10.9. The maximum absolute atomic E-state index is 13.3. The van der Waals surface area contributed by atoms with Crippen molar-refractivity contribution in [2.75, 3.05) is 46.1 Å². The fraction of sp³-hybridized carbons (Fsp3) is 0.586. The highest BCUT2D eigenvalue weighted by Crippen LogP contribution is 2.38. The molecule has 5 nitrogen and oxygen atoms in total. The van der Waals surface area contributed by atoms with Gasteiger partial charge in [-0.1, -0.05) is 12.5 Å². The van der Waals surface area contributed by atoms with Crippen LogP contribution in [0.25, 0.3) is 0 Å². The van der Waals surface area contributed by atoms with E-state index in [-0.39, 0.29) is 37.4 Å². The van der Waals surface area contributed by atoms with Crippen LogP contribution in [0.5, 0.6) is 11.5 Å². The third kappa shape index (κ3) is 7.03. The molecule has 0 radical (unpaired) electrons. The van der Waals surface area contributed by atoms with Crippen LogP contribution >= 0.6 is 0 Å². The molecule has 11 heteroatoms. The van der Waals surface area contributed by atoms with Gasteiger partial charge in [0.1, 0.15) is 0 Å². The maximum Gasteiger partial charge on any atom is 0.416 e. The van der Waals surface area contributed by atoms with Gasteiger partial charge in [-0.15, -0.1) is 0 Å². The molecule has 2 aromatic carbocycles. The van der Waals surface area contributed by atoms with Gasteiger partial charge in [-0.25, -0.2) is 0 Å². The first kappa shape index (κ1) is 29.0. The number of alkyl halides is 6. The van der Waals surface area contributed by atoms with E-state index in [0.29, 0.717) is 24.1 Å². The summed E-state index contributed by atoms with van der Waals surface area (Å²) >= 11 is 0. The Morgan fingerprint density at radius 1 is 0.800 bits per heavy atom. The standard InChI is InChI=1S/C29H35F6N3O2/c30-28(31,32)22-14-20(15-23(17-22)29(33,34)35)6-9-36-18-25(21-4-5-26-27(16-21)40-19-39-26)38-12-7-24(8-13-38)37-10-2-1-3-11-37/h4-5,14-17,24-25,36H,1-3,6-13,18-19H2. The Kier molecular flexibility index (Phi) is 8.82. The van der Waals surface area contributed by atoms with Gasteiger partial charge in [-0.3, -0.25) is 4.90 Å². The third-order valence-electron chi connectivity index (χ3n) is 8.20. The van der Waals surface area contributed by atoms with E-state index in [1.807, 2.05) is 18.2 Å². The molecule has 40 heavy (non-hydrogen) atoms. The van der Waals surface area contributed by atoms with Crippen LogP contribution in [0.3, 0.4) is 0 Å². The number of nitrogens with zero attached hydrogens (tertiary/aromatic N) is 2. The number of likely N-dealkylation sites (tertiary alicyclic amines) is 2. The molecule has 0 saturated carbocycles. The Balaban J connectivity index is 1.25. The monoisotopic (exact) mass is 571 g/mol. The fourth-order valence-corrected chi connectivity index (χ4v) is 6.06. The molecule has 0 spiro atoms. The summed E-state index contributed by atoms with van der Waals surface area (Å²) in [5.41, 5.74) is -1.54. The van der Waals surface area contributed by atoms with Gasteiger partial charge in [-0.05, 0) is 93.2 Å². The van der Waals surface area contributed by atoms with E-state index in [0.717, 1.165) is 56.7 Å². The first-order valence-corrected chi connectivity index (χ1v) is 13.9. The average Bonchev–Trinajstić information content (AvgIpc) is 3.41. The van der Waals surface area contributed by atoms with Gasteiger partial charge in [-0.2, -0.15) is 26.3 Å². The summed E-state index contributed by atoms with van der Waals surface area (Å²) in [6, 6.07) is 8.17. The van der Waals surface area contributed by atoms with Crippen molar-refractivity contribution < 1.29 is 35.8 Å². The van der Waals surface area contributed by atoms with Crippen molar-refractivity contribution >= 4 is 0 Å². The molecule has 0 aromatic heterocycles. The molecule has 0 bridgehead atoms. The van der Waals surface area contributed by atoms with Crippen molar-refractivity contribution in [3.05, 3.63) is 58.7 Å². The summed E-state index contributed by atoms with van der Waals surface area (Å²) in [6.45, 7) is 5.03. The van der Waals surface area contributed by atoms with Crippen molar-refractivity contribution in [3.63, 3.8) is 0 Å². The van der Waals surface area contributed by atoms with Gasteiger partial charge >= 0.3 is 12.4 Å². The number of fused-ring (bicyclic) bond motifs is 1. The average molecular weight is 572 g/mol. The Bertz CT molecular complexity index is 1110. The number of benzene rings is 2. The number of hydrogen-bond donors (Lipinski definition) is 1. The van der Waals surface area contributed by atoms with Crippen molar-refractivity contribution in [1.29, 1.82) is 0 Å². The molecule has 0 aliphatic carbocycles. The molecule has 2 saturated heterocycles. The molecular weight excluding hydrogens is 536 g/mol. The van der Waals surface area contributed by atoms with Crippen LogP contribution in [0.2, 0.25) is 0 Å². The second kappa shape index (κ2) is 12.2. The number of halogens is 6. The van der Waals surface area contributed by atoms with Crippen LogP contribution < -0.4 is 14.8 Å². The quantitative estimate of drug-likeness (QED) is 0.298. The van der Waals surface area contributed by atoms with E-state index >= 15 is 0 Å². The van der Waals surface area contributed by atoms with Gasteiger partial charge in [0.2, 0.25) is 6.79 Å². The Morgan fingerprint density at radius 2 is 1.45 bits per heavy atom. The molecule has 0 amide bonds. The van der Waals surface area contributed by atoms with Crippen LogP contribution in [0.1, 0.15) is 60.4 Å². The van der Waals surface area contributed by atoms with Gasteiger partial charge in [0.15, 0.2) is 11.5 Å². The van der Waals surface area contributed by atoms with Crippen LogP contribution in [0.15, 0.2) is 36.4 Å². The van der Waals surface area contributed by atoms with E-state index in [9.17, 15) is 26.3 Å². The van der Waals surface area contributed by atoms with Gasteiger partial charge in [0, 0.05) is 31.7 Å². The SMILES string of the molecule is FC(F)(F)c1cc(CCNCC(c2ccc3c(c2)OCO3)N2CCC(N3CCCCC3)CC2)cc(C(F)(F)F)c1. The molecular formula is C29H35F6N3O2. The van der Waals surface area contributed by atoms with Gasteiger partial charge in [0.25, 0.3) is 0 Å². The van der Waals surface area contributed by atoms with Crippen molar-refractivity contribution in [1.82, 2.24) is 15.1 Å². The highest BCUT2D eigenvalue weighted by Gasteiger charge is 2.37. The predicted octanol–water partition coefficient (Wildman–Crippen LogP) is 6.28. The van der Waals surface area contributed by atoms with E-state index in [1.165, 1.54) is 19.3 Å². The lowest BCUT2D eigenvalue weighted by atomic mass is 9.96. The van der Waals surface area contributed by atoms with Gasteiger partial charge < -0.3 is 19.7 Å². The molecule has 5 rings (SSSR count). The van der Waals surface area contributed by atoms with Crippen LogP contribution in [-0.2, 0) is 18.8 Å². The minimum atomic E-state index is -4.85. The van der Waals surface area contributed by atoms with Crippen molar-refractivity contribution in [2.24, 2.45) is 0 Å². The Morgan fingerprint density at radius 3 is 2.10 bits per heavy atom. The van der Waals surface area contributed by atoms with E-state index in [2.05, 4.69) is 15.1 Å². The zero-order chi connectivity index (χ0) is 28.3.